The van der Waals surface area contributed by atoms with E-state index in [-0.39, 0.29) is 0 Å². The number of benzene rings is 1. The van der Waals surface area contributed by atoms with Crippen molar-refractivity contribution in [3.05, 3.63) is 29.8 Å². The summed E-state index contributed by atoms with van der Waals surface area (Å²) >= 11 is 0. The molecule has 0 radical (unpaired) electrons. The van der Waals surface area contributed by atoms with Gasteiger partial charge in [0.1, 0.15) is 0 Å². The number of nitrogens with two attached hydrogens (primary N) is 1. The van der Waals surface area contributed by atoms with Gasteiger partial charge in [-0.1, -0.05) is 18.2 Å². The smallest absolute Gasteiger partial charge is 0.188 e. The van der Waals surface area contributed by atoms with Crippen molar-refractivity contribution in [2.45, 2.75) is 32.7 Å². The van der Waals surface area contributed by atoms with Crippen molar-refractivity contribution in [3.8, 4) is 0 Å². The molecule has 0 saturated carbocycles. The number of aliphatic imine (C=N–C) groups is 1. The van der Waals surface area contributed by atoms with Gasteiger partial charge in [0.15, 0.2) is 5.96 Å². The Morgan fingerprint density at radius 1 is 1.45 bits per heavy atom. The van der Waals surface area contributed by atoms with E-state index < -0.39 is 0 Å². The Kier molecular flexibility index (Phi) is 6.52. The SMILES string of the molecule is CCOCCCN=C(N)NCCN1c2ccccc2CC1C. The van der Waals surface area contributed by atoms with E-state index in [0.29, 0.717) is 18.5 Å². The molecule has 0 saturated heterocycles. The van der Waals surface area contributed by atoms with E-state index in [1.165, 1.54) is 11.3 Å². The molecular weight excluding hydrogens is 276 g/mol. The van der Waals surface area contributed by atoms with Crippen molar-refractivity contribution >= 4 is 11.6 Å². The molecule has 5 nitrogen and oxygen atoms in total. The summed E-state index contributed by atoms with van der Waals surface area (Å²) in [4.78, 5) is 6.74. The molecule has 122 valence electrons. The van der Waals surface area contributed by atoms with Crippen LogP contribution in [0.1, 0.15) is 25.8 Å². The van der Waals surface area contributed by atoms with Crippen LogP contribution >= 0.6 is 0 Å². The average Bonchev–Trinajstić information content (AvgIpc) is 2.83. The van der Waals surface area contributed by atoms with Crippen LogP contribution in [0.4, 0.5) is 5.69 Å². The lowest BCUT2D eigenvalue weighted by atomic mass is 10.1. The standard InChI is InChI=1S/C17H28N4O/c1-3-22-12-6-9-19-17(18)20-10-11-21-14(2)13-15-7-4-5-8-16(15)21/h4-5,7-8,14H,3,6,9-13H2,1-2H3,(H3,18,19,20). The van der Waals surface area contributed by atoms with Gasteiger partial charge in [-0.25, -0.2) is 0 Å². The van der Waals surface area contributed by atoms with Crippen LogP contribution in [0.5, 0.6) is 0 Å². The van der Waals surface area contributed by atoms with Gasteiger partial charge in [-0.15, -0.1) is 0 Å². The van der Waals surface area contributed by atoms with Crippen molar-refractivity contribution in [1.82, 2.24) is 5.32 Å². The molecule has 1 aromatic rings. The zero-order valence-electron chi connectivity index (χ0n) is 13.7. The summed E-state index contributed by atoms with van der Waals surface area (Å²) in [5, 5.41) is 3.20. The summed E-state index contributed by atoms with van der Waals surface area (Å²) in [5.41, 5.74) is 8.67. The highest BCUT2D eigenvalue weighted by Gasteiger charge is 2.24. The van der Waals surface area contributed by atoms with Crippen molar-refractivity contribution in [2.75, 3.05) is 37.7 Å². The highest BCUT2D eigenvalue weighted by Crippen LogP contribution is 2.30. The molecule has 1 unspecified atom stereocenters. The van der Waals surface area contributed by atoms with Gasteiger partial charge in [0, 0.05) is 44.6 Å². The number of anilines is 1. The maximum absolute atomic E-state index is 5.88. The Morgan fingerprint density at radius 2 is 2.27 bits per heavy atom. The second-order valence-electron chi connectivity index (χ2n) is 5.62. The zero-order valence-corrected chi connectivity index (χ0v) is 13.7. The Balaban J connectivity index is 1.71. The molecule has 1 aromatic carbocycles. The van der Waals surface area contributed by atoms with Crippen LogP contribution in [0.2, 0.25) is 0 Å². The van der Waals surface area contributed by atoms with Crippen LogP contribution in [0.25, 0.3) is 0 Å². The van der Waals surface area contributed by atoms with Crippen LogP contribution in [-0.4, -0.2) is 44.8 Å². The van der Waals surface area contributed by atoms with Crippen molar-refractivity contribution in [3.63, 3.8) is 0 Å². The third kappa shape index (κ3) is 4.63. The topological polar surface area (TPSA) is 62.9 Å². The third-order valence-electron chi connectivity index (χ3n) is 3.94. The molecule has 1 aliphatic heterocycles. The number of guanidine groups is 1. The number of nitrogens with one attached hydrogen (secondary N) is 1. The molecule has 0 fully saturated rings. The van der Waals surface area contributed by atoms with E-state index in [9.17, 15) is 0 Å². The fourth-order valence-electron chi connectivity index (χ4n) is 2.84. The van der Waals surface area contributed by atoms with Crippen molar-refractivity contribution in [1.29, 1.82) is 0 Å². The quantitative estimate of drug-likeness (QED) is 0.436. The molecule has 0 spiro atoms. The van der Waals surface area contributed by atoms with E-state index in [2.05, 4.69) is 46.4 Å². The molecule has 0 aromatic heterocycles. The summed E-state index contributed by atoms with van der Waals surface area (Å²) in [7, 11) is 0. The fraction of sp³-hybridized carbons (Fsp3) is 0.588. The van der Waals surface area contributed by atoms with Gasteiger partial charge in [0.05, 0.1) is 0 Å². The minimum absolute atomic E-state index is 0.525. The predicted octanol–water partition coefficient (Wildman–Crippen LogP) is 1.77. The lowest BCUT2D eigenvalue weighted by molar-refractivity contribution is 0.146. The van der Waals surface area contributed by atoms with E-state index in [1.807, 2.05) is 6.92 Å². The number of hydrogen-bond acceptors (Lipinski definition) is 3. The lowest BCUT2D eigenvalue weighted by Gasteiger charge is -2.25. The highest BCUT2D eigenvalue weighted by atomic mass is 16.5. The van der Waals surface area contributed by atoms with Crippen LogP contribution in [0, 0.1) is 0 Å². The maximum Gasteiger partial charge on any atom is 0.188 e. The molecule has 0 aliphatic carbocycles. The molecule has 0 bridgehead atoms. The first-order chi connectivity index (χ1) is 10.7. The minimum Gasteiger partial charge on any atom is -0.382 e. The van der Waals surface area contributed by atoms with E-state index in [4.69, 9.17) is 10.5 Å². The van der Waals surface area contributed by atoms with Crippen LogP contribution in [-0.2, 0) is 11.2 Å². The summed E-state index contributed by atoms with van der Waals surface area (Å²) in [6.07, 6.45) is 2.03. The van der Waals surface area contributed by atoms with Gasteiger partial charge in [-0.05, 0) is 38.3 Å². The molecule has 1 heterocycles. The fourth-order valence-corrected chi connectivity index (χ4v) is 2.84. The van der Waals surface area contributed by atoms with Gasteiger partial charge >= 0.3 is 0 Å². The summed E-state index contributed by atoms with van der Waals surface area (Å²) < 4.78 is 5.27. The normalized spacial score (nSPS) is 17.6. The zero-order chi connectivity index (χ0) is 15.8. The summed E-state index contributed by atoms with van der Waals surface area (Å²) in [5.74, 6) is 0.525. The molecule has 0 amide bonds. The molecule has 1 atom stereocenters. The largest absolute Gasteiger partial charge is 0.382 e. The minimum atomic E-state index is 0.525. The molecular formula is C17H28N4O. The average molecular weight is 304 g/mol. The van der Waals surface area contributed by atoms with Gasteiger partial charge in [-0.3, -0.25) is 4.99 Å². The molecule has 5 heteroatoms. The predicted molar refractivity (Wildman–Crippen MR) is 92.6 cm³/mol. The molecule has 2 rings (SSSR count). The van der Waals surface area contributed by atoms with E-state index in [1.54, 1.807) is 0 Å². The number of para-hydroxylation sites is 1. The Bertz CT molecular complexity index is 489. The van der Waals surface area contributed by atoms with Crippen LogP contribution < -0.4 is 16.0 Å². The first-order valence-corrected chi connectivity index (χ1v) is 8.18. The number of hydrogen-bond donors (Lipinski definition) is 2. The van der Waals surface area contributed by atoms with Crippen molar-refractivity contribution in [2.24, 2.45) is 10.7 Å². The third-order valence-corrected chi connectivity index (χ3v) is 3.94. The number of nitrogens with zero attached hydrogens (tertiary/aromatic N) is 2. The maximum atomic E-state index is 5.88. The summed E-state index contributed by atoms with van der Waals surface area (Å²) in [6, 6.07) is 9.17. The second-order valence-corrected chi connectivity index (χ2v) is 5.62. The van der Waals surface area contributed by atoms with Gasteiger partial charge in [0.25, 0.3) is 0 Å². The Morgan fingerprint density at radius 3 is 3.09 bits per heavy atom. The first-order valence-electron chi connectivity index (χ1n) is 8.18. The number of ether oxygens (including phenoxy) is 1. The second kappa shape index (κ2) is 8.63. The number of fused-ring (bicyclic) bond motifs is 1. The van der Waals surface area contributed by atoms with Gasteiger partial charge in [-0.2, -0.15) is 0 Å². The Hall–Kier alpha value is -1.75. The van der Waals surface area contributed by atoms with Gasteiger partial charge < -0.3 is 20.7 Å². The monoisotopic (exact) mass is 304 g/mol. The van der Waals surface area contributed by atoms with Crippen LogP contribution in [0.15, 0.2) is 29.3 Å². The first kappa shape index (κ1) is 16.6. The molecule has 22 heavy (non-hydrogen) atoms. The van der Waals surface area contributed by atoms with Gasteiger partial charge in [0.2, 0.25) is 0 Å². The Labute approximate surface area is 133 Å². The number of rotatable bonds is 8. The van der Waals surface area contributed by atoms with E-state index in [0.717, 1.165) is 39.1 Å². The molecule has 1 aliphatic rings. The van der Waals surface area contributed by atoms with Crippen molar-refractivity contribution < 1.29 is 4.74 Å². The highest BCUT2D eigenvalue weighted by molar-refractivity contribution is 5.77. The lowest BCUT2D eigenvalue weighted by Crippen LogP contribution is -2.40. The molecule has 3 N–H and O–H groups in total. The van der Waals surface area contributed by atoms with E-state index >= 15 is 0 Å². The summed E-state index contributed by atoms with van der Waals surface area (Å²) in [6.45, 7) is 8.22. The van der Waals surface area contributed by atoms with Crippen LogP contribution in [0.3, 0.4) is 0 Å².